The van der Waals surface area contributed by atoms with Crippen molar-refractivity contribution in [3.05, 3.63) is 172 Å². The van der Waals surface area contributed by atoms with Gasteiger partial charge in [-0.1, -0.05) is 66.7 Å². The number of hydrogen-bond donors (Lipinski definition) is 0. The molecule has 10 aromatic rings. The fraction of sp³-hybridized carbons (Fsp3) is 0.148. The second-order valence-electron chi connectivity index (χ2n) is 15.6. The van der Waals surface area contributed by atoms with Crippen molar-refractivity contribution in [2.24, 2.45) is 0 Å². The van der Waals surface area contributed by atoms with Gasteiger partial charge in [-0.15, -0.1) is 0 Å². The lowest BCUT2D eigenvalue weighted by molar-refractivity contribution is 0.563. The zero-order chi connectivity index (χ0) is 41.8. The molecular weight excluding hydrogens is 755 g/mol. The van der Waals surface area contributed by atoms with E-state index in [4.69, 9.17) is 8.83 Å². The molecule has 2 aromatic heterocycles. The van der Waals surface area contributed by atoms with Crippen LogP contribution in [0, 0.1) is 0 Å². The molecule has 0 spiro atoms. The SMILES string of the molecule is CCN(CC)c1ccc2cc(-c3ccc(N(c4ccc(-c5cc6ccc(N(CC)CC)cc6oc5=O)cc4)c4cc5ccc6cccc7ccc(c4)c5c67)cc3)c(=O)oc2c1. The molecule has 8 aromatic carbocycles. The van der Waals surface area contributed by atoms with Gasteiger partial charge in [0.15, 0.2) is 0 Å². The summed E-state index contributed by atoms with van der Waals surface area (Å²) < 4.78 is 11.8. The molecule has 7 nitrogen and oxygen atoms in total. The van der Waals surface area contributed by atoms with Crippen LogP contribution in [0.3, 0.4) is 0 Å². The van der Waals surface area contributed by atoms with Gasteiger partial charge < -0.3 is 23.5 Å². The highest BCUT2D eigenvalue weighted by atomic mass is 16.4. The van der Waals surface area contributed by atoms with E-state index >= 15 is 0 Å². The lowest BCUT2D eigenvalue weighted by Gasteiger charge is -2.27. The fourth-order valence-electron chi connectivity index (χ4n) is 9.07. The maximum atomic E-state index is 13.5. The van der Waals surface area contributed by atoms with Crippen LogP contribution in [0.5, 0.6) is 0 Å². The summed E-state index contributed by atoms with van der Waals surface area (Å²) in [6.07, 6.45) is 0. The Labute approximate surface area is 353 Å². The Morgan fingerprint density at radius 3 is 1.18 bits per heavy atom. The van der Waals surface area contributed by atoms with E-state index in [1.54, 1.807) is 0 Å². The molecule has 2 heterocycles. The second-order valence-corrected chi connectivity index (χ2v) is 15.6. The molecule has 0 N–H and O–H groups in total. The van der Waals surface area contributed by atoms with Gasteiger partial charge in [-0.2, -0.15) is 0 Å². The van der Waals surface area contributed by atoms with Gasteiger partial charge in [0.05, 0.1) is 11.1 Å². The zero-order valence-electron chi connectivity index (χ0n) is 34.7. The van der Waals surface area contributed by atoms with Crippen LogP contribution in [0.4, 0.5) is 28.4 Å². The van der Waals surface area contributed by atoms with Gasteiger partial charge in [0, 0.05) is 77.5 Å². The summed E-state index contributed by atoms with van der Waals surface area (Å²) in [6.45, 7) is 11.9. The van der Waals surface area contributed by atoms with E-state index in [-0.39, 0.29) is 11.3 Å². The van der Waals surface area contributed by atoms with Gasteiger partial charge in [0.25, 0.3) is 0 Å². The molecule has 0 amide bonds. The van der Waals surface area contributed by atoms with Crippen LogP contribution in [0.15, 0.2) is 170 Å². The third kappa shape index (κ3) is 6.63. The molecule has 0 aliphatic rings. The van der Waals surface area contributed by atoms with Crippen molar-refractivity contribution in [1.29, 1.82) is 0 Å². The van der Waals surface area contributed by atoms with E-state index in [9.17, 15) is 9.59 Å². The van der Waals surface area contributed by atoms with Crippen LogP contribution < -0.4 is 26.0 Å². The maximum Gasteiger partial charge on any atom is 0.344 e. The first-order chi connectivity index (χ1) is 29.8. The summed E-state index contributed by atoms with van der Waals surface area (Å²) in [5, 5.41) is 8.97. The zero-order valence-corrected chi connectivity index (χ0v) is 34.7. The van der Waals surface area contributed by atoms with Crippen LogP contribution in [0.2, 0.25) is 0 Å². The molecule has 300 valence electrons. The van der Waals surface area contributed by atoms with Crippen molar-refractivity contribution in [2.45, 2.75) is 27.7 Å². The molecular formula is C54H45N3O4. The Hall–Kier alpha value is -7.38. The number of rotatable bonds is 11. The average molecular weight is 800 g/mol. The van der Waals surface area contributed by atoms with Gasteiger partial charge in [0.2, 0.25) is 0 Å². The van der Waals surface area contributed by atoms with Crippen LogP contribution in [0.25, 0.3) is 76.5 Å². The van der Waals surface area contributed by atoms with E-state index in [0.717, 1.165) is 87.3 Å². The third-order valence-corrected chi connectivity index (χ3v) is 12.3. The molecule has 0 aliphatic carbocycles. The highest BCUT2D eigenvalue weighted by molar-refractivity contribution is 6.23. The predicted molar refractivity (Wildman–Crippen MR) is 255 cm³/mol. The van der Waals surface area contributed by atoms with Gasteiger partial charge in [0.1, 0.15) is 11.2 Å². The van der Waals surface area contributed by atoms with Crippen LogP contribution in [-0.4, -0.2) is 26.2 Å². The summed E-state index contributed by atoms with van der Waals surface area (Å²) in [7, 11) is 0. The summed E-state index contributed by atoms with van der Waals surface area (Å²) in [5.74, 6) is 0. The molecule has 0 atom stereocenters. The summed E-state index contributed by atoms with van der Waals surface area (Å²) in [6, 6.07) is 51.8. The molecule has 0 aliphatic heterocycles. The average Bonchev–Trinajstić information content (AvgIpc) is 3.29. The Morgan fingerprint density at radius 2 is 0.754 bits per heavy atom. The third-order valence-electron chi connectivity index (χ3n) is 12.3. The Balaban J connectivity index is 1.06. The van der Waals surface area contributed by atoms with Crippen LogP contribution in [0.1, 0.15) is 27.7 Å². The second kappa shape index (κ2) is 15.3. The minimum atomic E-state index is -0.376. The lowest BCUT2D eigenvalue weighted by Crippen LogP contribution is -2.21. The summed E-state index contributed by atoms with van der Waals surface area (Å²) in [5.41, 5.74) is 7.81. The van der Waals surface area contributed by atoms with E-state index in [1.165, 1.54) is 21.5 Å². The smallest absolute Gasteiger partial charge is 0.344 e. The van der Waals surface area contributed by atoms with E-state index < -0.39 is 0 Å². The summed E-state index contributed by atoms with van der Waals surface area (Å²) >= 11 is 0. The van der Waals surface area contributed by atoms with Crippen LogP contribution in [-0.2, 0) is 0 Å². The van der Waals surface area contributed by atoms with Gasteiger partial charge >= 0.3 is 11.3 Å². The highest BCUT2D eigenvalue weighted by Crippen LogP contribution is 2.42. The molecule has 0 fully saturated rings. The summed E-state index contributed by atoms with van der Waals surface area (Å²) in [4.78, 5) is 33.7. The number of benzene rings is 8. The monoisotopic (exact) mass is 799 g/mol. The maximum absolute atomic E-state index is 13.5. The van der Waals surface area contributed by atoms with Gasteiger partial charge in [-0.3, -0.25) is 0 Å². The molecule has 0 unspecified atom stereocenters. The van der Waals surface area contributed by atoms with E-state index in [1.807, 2.05) is 84.9 Å². The first-order valence-electron chi connectivity index (χ1n) is 21.2. The van der Waals surface area contributed by atoms with Gasteiger partial charge in [-0.25, -0.2) is 9.59 Å². The highest BCUT2D eigenvalue weighted by Gasteiger charge is 2.19. The van der Waals surface area contributed by atoms with Crippen molar-refractivity contribution in [2.75, 3.05) is 40.9 Å². The van der Waals surface area contributed by atoms with E-state index in [2.05, 4.69) is 109 Å². The van der Waals surface area contributed by atoms with Crippen LogP contribution >= 0.6 is 0 Å². The van der Waals surface area contributed by atoms with Crippen molar-refractivity contribution in [1.82, 2.24) is 0 Å². The first kappa shape index (κ1) is 37.9. The Kier molecular flexibility index (Phi) is 9.52. The molecule has 7 heteroatoms. The van der Waals surface area contributed by atoms with Crippen molar-refractivity contribution < 1.29 is 8.83 Å². The number of anilines is 5. The Bertz CT molecular complexity index is 3140. The molecule has 0 saturated heterocycles. The quantitative estimate of drug-likeness (QED) is 0.0953. The van der Waals surface area contributed by atoms with Gasteiger partial charge in [-0.05, 0) is 144 Å². The number of fused-ring (bicyclic) bond motifs is 2. The topological polar surface area (TPSA) is 70.1 Å². The number of hydrogen-bond acceptors (Lipinski definition) is 7. The number of nitrogens with zero attached hydrogens (tertiary/aromatic N) is 3. The van der Waals surface area contributed by atoms with Crippen molar-refractivity contribution in [3.63, 3.8) is 0 Å². The molecule has 10 rings (SSSR count). The lowest BCUT2D eigenvalue weighted by atomic mass is 9.93. The molecule has 61 heavy (non-hydrogen) atoms. The molecule has 0 saturated carbocycles. The van der Waals surface area contributed by atoms with Crippen molar-refractivity contribution in [3.8, 4) is 22.3 Å². The minimum absolute atomic E-state index is 0.376. The largest absolute Gasteiger partial charge is 0.422 e. The predicted octanol–water partition coefficient (Wildman–Crippen LogP) is 13.3. The Morgan fingerprint density at radius 1 is 0.377 bits per heavy atom. The first-order valence-corrected chi connectivity index (χ1v) is 21.2. The van der Waals surface area contributed by atoms with E-state index in [0.29, 0.717) is 22.3 Å². The normalized spacial score (nSPS) is 11.7. The molecule has 0 radical (unpaired) electrons. The standard InChI is InChI=1S/C54H45N3O4/c1-5-55(6-2)44-26-20-38-30-47(53(58)60-49(38)32-44)34-16-22-42(23-17-34)57(46-28-40-14-12-36-10-9-11-37-13-15-41(29-46)52(40)51(36)37)43-24-18-35(19-25-43)48-31-39-21-27-45(56(7-3)8-4)33-50(39)61-54(48)59/h9-33H,5-8H2,1-4H3. The fourth-order valence-corrected chi connectivity index (χ4v) is 9.07. The molecule has 0 bridgehead atoms. The minimum Gasteiger partial charge on any atom is -0.422 e. The van der Waals surface area contributed by atoms with Crippen molar-refractivity contribution >= 4 is 82.7 Å².